The predicted octanol–water partition coefficient (Wildman–Crippen LogP) is 1.65. The zero-order chi connectivity index (χ0) is 14.9. The van der Waals surface area contributed by atoms with E-state index in [-0.39, 0.29) is 26.9 Å². The molecule has 6 heteroatoms. The van der Waals surface area contributed by atoms with E-state index < -0.39 is 0 Å². The molecule has 0 unspecified atom stereocenters. The lowest BCUT2D eigenvalue weighted by molar-refractivity contribution is -0.116. The van der Waals surface area contributed by atoms with E-state index in [0.29, 0.717) is 5.41 Å². The van der Waals surface area contributed by atoms with Gasteiger partial charge in [-0.1, -0.05) is 6.92 Å². The van der Waals surface area contributed by atoms with Gasteiger partial charge in [0.1, 0.15) is 5.84 Å². The van der Waals surface area contributed by atoms with Crippen molar-refractivity contribution in [2.24, 2.45) is 8.62 Å². The predicted molar refractivity (Wildman–Crippen MR) is 93.0 cm³/mol. The number of carbonyl (C=O) groups excluding carboxylic acids is 1. The number of allylic oxidation sites excluding steroid dienone is 1. The summed E-state index contributed by atoms with van der Waals surface area (Å²) in [5, 5.41) is 2.75. The van der Waals surface area contributed by atoms with Gasteiger partial charge in [-0.25, -0.2) is 3.21 Å². The summed E-state index contributed by atoms with van der Waals surface area (Å²) >= 11 is -0.304. The number of likely N-dealkylation sites (tertiary alicyclic amines) is 1. The van der Waals surface area contributed by atoms with Crippen LogP contribution in [-0.4, -0.2) is 53.5 Å². The summed E-state index contributed by atoms with van der Waals surface area (Å²) in [6.45, 7) is 5.93. The number of amides is 1. The van der Waals surface area contributed by atoms with E-state index >= 15 is 0 Å². The fraction of sp³-hybridized carbons (Fsp3) is 0.667. The van der Waals surface area contributed by atoms with Crippen LogP contribution in [0.4, 0.5) is 0 Å². The normalized spacial score (nSPS) is 24.3. The Morgan fingerprint density at radius 3 is 2.81 bits per heavy atom. The molecule has 0 aromatic carbocycles. The maximum absolute atomic E-state index is 12.1. The first-order valence-electron chi connectivity index (χ1n) is 7.52. The molecule has 0 atom stereocenters. The molecule has 0 aliphatic carbocycles. The molecule has 116 valence electrons. The van der Waals surface area contributed by atoms with Crippen LogP contribution in [0.5, 0.6) is 0 Å². The summed E-state index contributed by atoms with van der Waals surface area (Å²) in [7, 11) is 1.69. The SMILES string of the molecule is CCC1=IN=C(N2CC3(CCOCC3)C2)C(C(=O)NC)=C1. The number of nitrogens with zero attached hydrogens (tertiary/aromatic N) is 2. The van der Waals surface area contributed by atoms with Crippen molar-refractivity contribution >= 4 is 36.3 Å². The van der Waals surface area contributed by atoms with Crippen LogP contribution in [0, 0.1) is 5.41 Å². The van der Waals surface area contributed by atoms with Gasteiger partial charge in [0.2, 0.25) is 0 Å². The number of ether oxygens (including phenoxy) is 1. The molecule has 1 amide bonds. The van der Waals surface area contributed by atoms with Gasteiger partial charge in [0.05, 0.1) is 5.57 Å². The Balaban J connectivity index is 1.76. The number of hydrogen-bond donors (Lipinski definition) is 1. The van der Waals surface area contributed by atoms with E-state index in [1.165, 1.54) is 3.51 Å². The topological polar surface area (TPSA) is 53.9 Å². The van der Waals surface area contributed by atoms with E-state index in [2.05, 4.69) is 23.2 Å². The van der Waals surface area contributed by atoms with Gasteiger partial charge in [-0.2, -0.15) is 0 Å². The molecule has 3 heterocycles. The van der Waals surface area contributed by atoms with Crippen LogP contribution >= 0.6 is 21.0 Å². The minimum absolute atomic E-state index is 0.0173. The van der Waals surface area contributed by atoms with Crippen LogP contribution in [0.25, 0.3) is 0 Å². The van der Waals surface area contributed by atoms with Crippen molar-refractivity contribution in [1.29, 1.82) is 0 Å². The Morgan fingerprint density at radius 1 is 1.48 bits per heavy atom. The zero-order valence-corrected chi connectivity index (χ0v) is 14.8. The van der Waals surface area contributed by atoms with E-state index in [0.717, 1.165) is 57.0 Å². The molecule has 0 aromatic heterocycles. The Bertz CT molecular complexity index is 525. The van der Waals surface area contributed by atoms with Crippen LogP contribution in [0.2, 0.25) is 0 Å². The average molecular weight is 403 g/mol. The smallest absolute Gasteiger partial charge is 0.254 e. The quantitative estimate of drug-likeness (QED) is 0.714. The second-order valence-electron chi connectivity index (χ2n) is 5.90. The van der Waals surface area contributed by atoms with E-state index in [9.17, 15) is 4.79 Å². The second kappa shape index (κ2) is 6.16. The number of carbonyl (C=O) groups is 1. The highest BCUT2D eigenvalue weighted by molar-refractivity contribution is 14.2. The van der Waals surface area contributed by atoms with Gasteiger partial charge in [-0.05, 0) is 25.3 Å². The van der Waals surface area contributed by atoms with Crippen molar-refractivity contribution in [3.63, 3.8) is 0 Å². The van der Waals surface area contributed by atoms with Gasteiger partial charge in [0.15, 0.2) is 0 Å². The average Bonchev–Trinajstić information content (AvgIpc) is 2.52. The van der Waals surface area contributed by atoms with Gasteiger partial charge in [0, 0.05) is 63.3 Å². The summed E-state index contributed by atoms with van der Waals surface area (Å²) in [4.78, 5) is 14.4. The van der Waals surface area contributed by atoms with Crippen LogP contribution in [0.1, 0.15) is 26.2 Å². The third kappa shape index (κ3) is 2.92. The van der Waals surface area contributed by atoms with Crippen LogP contribution in [0.15, 0.2) is 14.9 Å². The lowest BCUT2D eigenvalue weighted by Gasteiger charge is -2.53. The number of likely N-dealkylation sites (N-methyl/N-ethyl adjacent to an activating group) is 1. The van der Waals surface area contributed by atoms with Crippen LogP contribution in [-0.2, 0) is 9.53 Å². The Hall–Kier alpha value is -0.760. The molecule has 21 heavy (non-hydrogen) atoms. The summed E-state index contributed by atoms with van der Waals surface area (Å²) in [6.07, 6.45) is 5.34. The molecular weight excluding hydrogens is 381 g/mol. The summed E-state index contributed by atoms with van der Waals surface area (Å²) in [5.74, 6) is 0.910. The molecule has 0 aromatic rings. The maximum Gasteiger partial charge on any atom is 0.254 e. The third-order valence-electron chi connectivity index (χ3n) is 4.49. The molecule has 1 spiro atoms. The summed E-state index contributed by atoms with van der Waals surface area (Å²) in [6, 6.07) is 0. The molecule has 2 saturated heterocycles. The molecule has 3 rings (SSSR count). The van der Waals surface area contributed by atoms with Gasteiger partial charge < -0.3 is 15.0 Å². The van der Waals surface area contributed by atoms with Gasteiger partial charge in [0.25, 0.3) is 5.91 Å². The molecule has 0 radical (unpaired) electrons. The third-order valence-corrected chi connectivity index (χ3v) is 6.88. The van der Waals surface area contributed by atoms with E-state index in [1.807, 2.05) is 0 Å². The number of amidine groups is 1. The monoisotopic (exact) mass is 403 g/mol. The largest absolute Gasteiger partial charge is 0.381 e. The Morgan fingerprint density at radius 2 is 2.19 bits per heavy atom. The fourth-order valence-electron chi connectivity index (χ4n) is 3.11. The first-order valence-corrected chi connectivity index (χ1v) is 9.56. The molecule has 0 bridgehead atoms. The standard InChI is InChI=1S/C15H22IN3O2/c1-3-11-8-12(14(20)17-2)13(18-16-11)19-9-15(10-19)4-6-21-7-5-15/h8H,3-7,9-10H2,1-2H3,(H,17,20). The van der Waals surface area contributed by atoms with Crippen molar-refractivity contribution in [1.82, 2.24) is 10.2 Å². The highest BCUT2D eigenvalue weighted by Crippen LogP contribution is 2.41. The van der Waals surface area contributed by atoms with Crippen molar-refractivity contribution < 1.29 is 9.53 Å². The first kappa shape index (κ1) is 15.1. The van der Waals surface area contributed by atoms with E-state index in [1.54, 1.807) is 7.05 Å². The van der Waals surface area contributed by atoms with Crippen molar-refractivity contribution in [2.45, 2.75) is 26.2 Å². The molecular formula is C15H22IN3O2. The number of halogens is 1. The number of rotatable bonds is 2. The van der Waals surface area contributed by atoms with E-state index in [4.69, 9.17) is 7.94 Å². The van der Waals surface area contributed by atoms with Gasteiger partial charge >= 0.3 is 0 Å². The maximum atomic E-state index is 12.1. The molecule has 2 fully saturated rings. The highest BCUT2D eigenvalue weighted by Gasteiger charge is 2.46. The molecule has 3 aliphatic heterocycles. The van der Waals surface area contributed by atoms with Gasteiger partial charge in [-0.15, -0.1) is 0 Å². The molecule has 0 saturated carbocycles. The van der Waals surface area contributed by atoms with Crippen LogP contribution in [0.3, 0.4) is 0 Å². The van der Waals surface area contributed by atoms with Crippen molar-refractivity contribution in [2.75, 3.05) is 33.4 Å². The summed E-state index contributed by atoms with van der Waals surface area (Å²) in [5.41, 5.74) is 1.16. The molecule has 1 N–H and O–H groups in total. The number of hydrogen-bond acceptors (Lipinski definition) is 4. The first-order chi connectivity index (χ1) is 10.2. The Labute approximate surface area is 135 Å². The lowest BCUT2D eigenvalue weighted by atomic mass is 9.73. The number of nitrogens with one attached hydrogen (secondary N) is 1. The zero-order valence-electron chi connectivity index (χ0n) is 12.6. The summed E-state index contributed by atoms with van der Waals surface area (Å²) < 4.78 is 11.6. The van der Waals surface area contributed by atoms with Crippen molar-refractivity contribution in [3.05, 3.63) is 11.6 Å². The Kier molecular flexibility index (Phi) is 4.44. The van der Waals surface area contributed by atoms with Gasteiger partial charge in [-0.3, -0.25) is 4.79 Å². The lowest BCUT2D eigenvalue weighted by Crippen LogP contribution is -2.61. The molecule has 5 nitrogen and oxygen atoms in total. The minimum atomic E-state index is -0.304. The van der Waals surface area contributed by atoms with Crippen LogP contribution < -0.4 is 5.32 Å². The second-order valence-corrected chi connectivity index (χ2v) is 8.25. The van der Waals surface area contributed by atoms with Crippen molar-refractivity contribution in [3.8, 4) is 0 Å². The highest BCUT2D eigenvalue weighted by atomic mass is 127. The minimum Gasteiger partial charge on any atom is -0.381 e. The molecule has 3 aliphatic rings. The fourth-order valence-corrected chi connectivity index (χ4v) is 5.00.